The monoisotopic (exact) mass is 448 g/mol. The molecule has 0 fully saturated rings. The fourth-order valence-electron chi connectivity index (χ4n) is 3.41. The molecular weight excluding hydrogens is 432 g/mol. The van der Waals surface area contributed by atoms with E-state index >= 15 is 0 Å². The number of fused-ring (bicyclic) bond motifs is 3. The third kappa shape index (κ3) is 3.37. The van der Waals surface area contributed by atoms with Gasteiger partial charge in [-0.05, 0) is 61.4 Å². The van der Waals surface area contributed by atoms with Crippen LogP contribution in [-0.2, 0) is 20.0 Å². The first-order chi connectivity index (χ1) is 13.6. The van der Waals surface area contributed by atoms with Gasteiger partial charge in [-0.2, -0.15) is 0 Å². The SMILES string of the molecule is Cc1cc(NS(=O)(=O)c2ccc(Cl)cc2)c(C)c2c1-c1ccccc1S(=O)(=O)N2. The van der Waals surface area contributed by atoms with E-state index in [9.17, 15) is 16.8 Å². The summed E-state index contributed by atoms with van der Waals surface area (Å²) in [6.45, 7) is 3.49. The van der Waals surface area contributed by atoms with E-state index in [4.69, 9.17) is 11.6 Å². The largest absolute Gasteiger partial charge is 0.279 e. The van der Waals surface area contributed by atoms with Crippen LogP contribution in [0, 0.1) is 13.8 Å². The number of anilines is 2. The van der Waals surface area contributed by atoms with Gasteiger partial charge < -0.3 is 0 Å². The Morgan fingerprint density at radius 2 is 1.66 bits per heavy atom. The van der Waals surface area contributed by atoms with Gasteiger partial charge in [0.1, 0.15) is 0 Å². The maximum Gasteiger partial charge on any atom is 0.262 e. The van der Waals surface area contributed by atoms with Crippen molar-refractivity contribution in [1.29, 1.82) is 0 Å². The van der Waals surface area contributed by atoms with Crippen molar-refractivity contribution in [3.63, 3.8) is 0 Å². The van der Waals surface area contributed by atoms with Crippen LogP contribution < -0.4 is 9.44 Å². The van der Waals surface area contributed by atoms with Crippen LogP contribution in [0.2, 0.25) is 5.02 Å². The van der Waals surface area contributed by atoms with Gasteiger partial charge in [-0.3, -0.25) is 9.44 Å². The smallest absolute Gasteiger partial charge is 0.262 e. The van der Waals surface area contributed by atoms with Crippen LogP contribution >= 0.6 is 11.6 Å². The highest BCUT2D eigenvalue weighted by Crippen LogP contribution is 2.45. The molecule has 0 amide bonds. The fraction of sp³-hybridized carbons (Fsp3) is 0.100. The molecule has 9 heteroatoms. The van der Waals surface area contributed by atoms with E-state index in [0.29, 0.717) is 27.5 Å². The fourth-order valence-corrected chi connectivity index (χ4v) is 6.00. The van der Waals surface area contributed by atoms with Crippen molar-refractivity contribution in [1.82, 2.24) is 0 Å². The van der Waals surface area contributed by atoms with Gasteiger partial charge in [0, 0.05) is 16.1 Å². The van der Waals surface area contributed by atoms with Crippen LogP contribution in [-0.4, -0.2) is 16.8 Å². The molecule has 2 N–H and O–H groups in total. The second kappa shape index (κ2) is 6.76. The molecule has 0 atom stereocenters. The van der Waals surface area contributed by atoms with Crippen molar-refractivity contribution in [3.05, 3.63) is 70.7 Å². The molecule has 1 aliphatic heterocycles. The summed E-state index contributed by atoms with van der Waals surface area (Å²) in [4.78, 5) is 0.257. The molecule has 0 aromatic heterocycles. The first kappa shape index (κ1) is 19.8. The van der Waals surface area contributed by atoms with Gasteiger partial charge in [-0.25, -0.2) is 16.8 Å². The molecule has 6 nitrogen and oxygen atoms in total. The predicted molar refractivity (Wildman–Crippen MR) is 114 cm³/mol. The normalized spacial score (nSPS) is 14.4. The van der Waals surface area contributed by atoms with E-state index in [2.05, 4.69) is 9.44 Å². The number of sulfonamides is 2. The number of hydrogen-bond acceptors (Lipinski definition) is 4. The van der Waals surface area contributed by atoms with E-state index in [-0.39, 0.29) is 9.79 Å². The summed E-state index contributed by atoms with van der Waals surface area (Å²) in [6, 6.07) is 14.2. The maximum absolute atomic E-state index is 12.8. The minimum atomic E-state index is -3.87. The summed E-state index contributed by atoms with van der Waals surface area (Å²) in [5.74, 6) is 0. The van der Waals surface area contributed by atoms with Gasteiger partial charge in [-0.1, -0.05) is 29.8 Å². The van der Waals surface area contributed by atoms with E-state index in [1.807, 2.05) is 6.92 Å². The van der Waals surface area contributed by atoms with Crippen LogP contribution in [0.4, 0.5) is 11.4 Å². The summed E-state index contributed by atoms with van der Waals surface area (Å²) in [7, 11) is -7.63. The molecule has 4 rings (SSSR count). The summed E-state index contributed by atoms with van der Waals surface area (Å²) >= 11 is 5.83. The Balaban J connectivity index is 1.86. The third-order valence-corrected chi connectivity index (χ3v) is 7.88. The van der Waals surface area contributed by atoms with Gasteiger partial charge in [0.2, 0.25) is 0 Å². The van der Waals surface area contributed by atoms with E-state index in [1.165, 1.54) is 24.3 Å². The van der Waals surface area contributed by atoms with Crippen molar-refractivity contribution in [2.24, 2.45) is 0 Å². The Kier molecular flexibility index (Phi) is 4.60. The first-order valence-corrected chi connectivity index (χ1v) is 12.0. The van der Waals surface area contributed by atoms with Crippen LogP contribution in [0.15, 0.2) is 64.4 Å². The van der Waals surface area contributed by atoms with Gasteiger partial charge in [-0.15, -0.1) is 0 Å². The maximum atomic E-state index is 12.8. The molecule has 1 heterocycles. The molecule has 0 spiro atoms. The number of rotatable bonds is 3. The summed E-state index contributed by atoms with van der Waals surface area (Å²) < 4.78 is 56.1. The highest BCUT2D eigenvalue weighted by atomic mass is 35.5. The lowest BCUT2D eigenvalue weighted by atomic mass is 9.94. The number of benzene rings is 3. The van der Waals surface area contributed by atoms with Crippen LogP contribution in [0.3, 0.4) is 0 Å². The quantitative estimate of drug-likeness (QED) is 0.615. The average Bonchev–Trinajstić information content (AvgIpc) is 2.65. The molecule has 0 radical (unpaired) electrons. The molecule has 3 aromatic carbocycles. The number of halogens is 1. The average molecular weight is 449 g/mol. The van der Waals surface area contributed by atoms with Crippen molar-refractivity contribution in [2.75, 3.05) is 9.44 Å². The van der Waals surface area contributed by atoms with E-state index in [1.54, 1.807) is 37.3 Å². The Morgan fingerprint density at radius 3 is 2.34 bits per heavy atom. The second-order valence-corrected chi connectivity index (χ2v) is 10.5. The van der Waals surface area contributed by atoms with Crippen LogP contribution in [0.1, 0.15) is 11.1 Å². The molecule has 3 aromatic rings. The Labute approximate surface area is 174 Å². The Bertz CT molecular complexity index is 1350. The highest BCUT2D eigenvalue weighted by molar-refractivity contribution is 7.93. The molecule has 0 bridgehead atoms. The first-order valence-electron chi connectivity index (χ1n) is 8.65. The van der Waals surface area contributed by atoms with Crippen molar-refractivity contribution in [3.8, 4) is 11.1 Å². The molecule has 29 heavy (non-hydrogen) atoms. The van der Waals surface area contributed by atoms with E-state index < -0.39 is 20.0 Å². The zero-order valence-corrected chi connectivity index (χ0v) is 17.9. The van der Waals surface area contributed by atoms with E-state index in [0.717, 1.165) is 11.1 Å². The molecule has 150 valence electrons. The van der Waals surface area contributed by atoms with Crippen molar-refractivity contribution in [2.45, 2.75) is 23.6 Å². The molecule has 0 saturated carbocycles. The molecule has 0 saturated heterocycles. The zero-order chi connectivity index (χ0) is 21.0. The van der Waals surface area contributed by atoms with Crippen molar-refractivity contribution >= 4 is 43.0 Å². The summed E-state index contributed by atoms with van der Waals surface area (Å²) in [5.41, 5.74) is 3.24. The number of nitrogens with one attached hydrogen (secondary N) is 2. The number of hydrogen-bond donors (Lipinski definition) is 2. The number of aryl methyl sites for hydroxylation is 1. The molecule has 0 unspecified atom stereocenters. The van der Waals surface area contributed by atoms with Gasteiger partial charge in [0.25, 0.3) is 20.0 Å². The van der Waals surface area contributed by atoms with Crippen LogP contribution in [0.5, 0.6) is 0 Å². The highest BCUT2D eigenvalue weighted by Gasteiger charge is 2.30. The Hall–Kier alpha value is -2.55. The lowest BCUT2D eigenvalue weighted by Gasteiger charge is -2.26. The minimum absolute atomic E-state index is 0.0580. The van der Waals surface area contributed by atoms with Gasteiger partial charge in [0.05, 0.1) is 21.2 Å². The lowest BCUT2D eigenvalue weighted by molar-refractivity contribution is 0.599. The van der Waals surface area contributed by atoms with Crippen LogP contribution in [0.25, 0.3) is 11.1 Å². The molecular formula is C20H17ClN2O4S2. The van der Waals surface area contributed by atoms with Crippen molar-refractivity contribution < 1.29 is 16.8 Å². The predicted octanol–water partition coefficient (Wildman–Crippen LogP) is 4.54. The standard InChI is InChI=1S/C20H17ClN2O4S2/c1-12-11-17(22-28(24,25)15-9-7-14(21)8-10-15)13(2)20-19(12)16-5-3-4-6-18(16)29(26,27)23-20/h3-11,22-23H,1-2H3. The minimum Gasteiger partial charge on any atom is -0.279 e. The second-order valence-electron chi connectivity index (χ2n) is 6.78. The third-order valence-electron chi connectivity index (χ3n) is 4.83. The van der Waals surface area contributed by atoms with Gasteiger partial charge in [0.15, 0.2) is 0 Å². The summed E-state index contributed by atoms with van der Waals surface area (Å²) in [5, 5.41) is 0.429. The van der Waals surface area contributed by atoms with Gasteiger partial charge >= 0.3 is 0 Å². The lowest BCUT2D eigenvalue weighted by Crippen LogP contribution is -2.21. The zero-order valence-electron chi connectivity index (χ0n) is 15.5. The topological polar surface area (TPSA) is 92.3 Å². The summed E-state index contributed by atoms with van der Waals surface area (Å²) in [6.07, 6.45) is 0. The molecule has 0 aliphatic carbocycles. The Morgan fingerprint density at radius 1 is 1.00 bits per heavy atom. The molecule has 1 aliphatic rings.